The lowest BCUT2D eigenvalue weighted by Gasteiger charge is -2.29. The number of hydrogen-bond donors (Lipinski definition) is 1. The number of hydrogen-bond acceptors (Lipinski definition) is 5. The quantitative estimate of drug-likeness (QED) is 0.875. The Morgan fingerprint density at radius 1 is 1.17 bits per heavy atom. The molecule has 0 aromatic carbocycles. The highest BCUT2D eigenvalue weighted by Gasteiger charge is 2.27. The largest absolute Gasteiger partial charge is 0.279 e. The summed E-state index contributed by atoms with van der Waals surface area (Å²) in [5, 5.41) is 4.45. The predicted molar refractivity (Wildman–Crippen MR) is 90.3 cm³/mol. The van der Waals surface area contributed by atoms with Gasteiger partial charge in [0.15, 0.2) is 0 Å². The Hall–Kier alpha value is -1.84. The molecule has 0 spiro atoms. The van der Waals surface area contributed by atoms with Crippen molar-refractivity contribution in [3.63, 3.8) is 0 Å². The number of rotatable bonds is 5. The normalized spacial score (nSPS) is 22.0. The fourth-order valence-electron chi connectivity index (χ4n) is 2.89. The van der Waals surface area contributed by atoms with Gasteiger partial charge in [-0.05, 0) is 25.7 Å². The Kier molecular flexibility index (Phi) is 4.93. The molecular formula is C15H22N6O2S. The second-order valence-corrected chi connectivity index (χ2v) is 8.13. The smallest absolute Gasteiger partial charge is 0.269 e. The number of nitrogens with zero attached hydrogens (tertiary/aromatic N) is 5. The Morgan fingerprint density at radius 3 is 2.54 bits per heavy atom. The molecule has 2 aromatic rings. The molecule has 1 aliphatic carbocycles. The molecule has 3 rings (SSSR count). The van der Waals surface area contributed by atoms with Crippen molar-refractivity contribution >= 4 is 10.2 Å². The van der Waals surface area contributed by atoms with Gasteiger partial charge in [-0.15, -0.1) is 0 Å². The van der Waals surface area contributed by atoms with Crippen LogP contribution < -0.4 is 4.72 Å². The average Bonchev–Trinajstić information content (AvgIpc) is 3.06. The maximum absolute atomic E-state index is 11.9. The van der Waals surface area contributed by atoms with Gasteiger partial charge in [-0.1, -0.05) is 0 Å². The molecule has 0 atom stereocenters. The van der Waals surface area contributed by atoms with Crippen molar-refractivity contribution in [2.45, 2.75) is 37.8 Å². The van der Waals surface area contributed by atoms with Gasteiger partial charge in [-0.25, -0.2) is 0 Å². The molecule has 130 valence electrons. The van der Waals surface area contributed by atoms with Crippen molar-refractivity contribution in [3.05, 3.63) is 31.0 Å². The van der Waals surface area contributed by atoms with Crippen molar-refractivity contribution in [1.82, 2.24) is 28.8 Å². The summed E-state index contributed by atoms with van der Waals surface area (Å²) in [6.07, 6.45) is 12.2. The number of aromatic nitrogens is 4. The van der Waals surface area contributed by atoms with Crippen molar-refractivity contribution in [1.29, 1.82) is 0 Å². The third-order valence-electron chi connectivity index (χ3n) is 4.33. The first-order valence-electron chi connectivity index (χ1n) is 7.96. The van der Waals surface area contributed by atoms with E-state index in [1.807, 2.05) is 10.9 Å². The van der Waals surface area contributed by atoms with E-state index >= 15 is 0 Å². The van der Waals surface area contributed by atoms with Crippen LogP contribution in [0.4, 0.5) is 0 Å². The lowest BCUT2D eigenvalue weighted by molar-refractivity contribution is 0.291. The van der Waals surface area contributed by atoms with Gasteiger partial charge in [-0.3, -0.25) is 14.6 Å². The van der Waals surface area contributed by atoms with Crippen LogP contribution in [0.5, 0.6) is 0 Å². The van der Waals surface area contributed by atoms with Crippen molar-refractivity contribution in [2.24, 2.45) is 0 Å². The molecule has 8 nitrogen and oxygen atoms in total. The topological polar surface area (TPSA) is 93.0 Å². The van der Waals surface area contributed by atoms with E-state index < -0.39 is 10.2 Å². The Bertz CT molecular complexity index is 766. The lowest BCUT2D eigenvalue weighted by Crippen LogP contribution is -2.43. The zero-order chi connectivity index (χ0) is 17.2. The van der Waals surface area contributed by atoms with Crippen LogP contribution in [0.2, 0.25) is 0 Å². The van der Waals surface area contributed by atoms with E-state index in [9.17, 15) is 8.42 Å². The van der Waals surface area contributed by atoms with E-state index in [1.165, 1.54) is 18.4 Å². The highest BCUT2D eigenvalue weighted by atomic mass is 32.2. The van der Waals surface area contributed by atoms with Gasteiger partial charge in [0.1, 0.15) is 0 Å². The van der Waals surface area contributed by atoms with Crippen molar-refractivity contribution in [3.8, 4) is 11.3 Å². The van der Waals surface area contributed by atoms with Crippen LogP contribution in [0.1, 0.15) is 31.7 Å². The van der Waals surface area contributed by atoms with Crippen LogP contribution in [-0.4, -0.2) is 52.6 Å². The van der Waals surface area contributed by atoms with Crippen LogP contribution in [-0.2, 0) is 10.2 Å². The minimum Gasteiger partial charge on any atom is -0.269 e. The van der Waals surface area contributed by atoms with Gasteiger partial charge in [0.2, 0.25) is 0 Å². The van der Waals surface area contributed by atoms with Crippen LogP contribution in [0, 0.1) is 0 Å². The van der Waals surface area contributed by atoms with E-state index in [0.29, 0.717) is 0 Å². The third-order valence-corrected chi connectivity index (χ3v) is 5.92. The summed E-state index contributed by atoms with van der Waals surface area (Å²) >= 11 is 0. The standard InChI is InChI=1S/C15H22N6O2S/c1-20(2)24(22,23)19-13-3-5-14(6-4-13)21-11-12(9-18-21)15-10-16-7-8-17-15/h7-11,13-14,19H,3-6H2,1-2H3. The first kappa shape index (κ1) is 17.0. The van der Waals surface area contributed by atoms with E-state index in [4.69, 9.17) is 0 Å². The fourth-order valence-corrected chi connectivity index (χ4v) is 3.76. The van der Waals surface area contributed by atoms with Crippen LogP contribution in [0.3, 0.4) is 0 Å². The molecular weight excluding hydrogens is 328 g/mol. The minimum atomic E-state index is -3.37. The summed E-state index contributed by atoms with van der Waals surface area (Å²) in [4.78, 5) is 8.35. The summed E-state index contributed by atoms with van der Waals surface area (Å²) in [5.41, 5.74) is 1.75. The fraction of sp³-hybridized carbons (Fsp3) is 0.533. The van der Waals surface area contributed by atoms with Gasteiger partial charge >= 0.3 is 0 Å². The third kappa shape index (κ3) is 3.80. The van der Waals surface area contributed by atoms with E-state index in [2.05, 4.69) is 19.8 Å². The zero-order valence-corrected chi connectivity index (χ0v) is 14.6. The molecule has 1 N–H and O–H groups in total. The highest BCUT2D eigenvalue weighted by Crippen LogP contribution is 2.29. The lowest BCUT2D eigenvalue weighted by atomic mass is 9.92. The Morgan fingerprint density at radius 2 is 1.92 bits per heavy atom. The van der Waals surface area contributed by atoms with Gasteiger partial charge < -0.3 is 0 Å². The molecule has 2 heterocycles. The molecule has 2 aromatic heterocycles. The molecule has 1 fully saturated rings. The molecule has 1 saturated carbocycles. The van der Waals surface area contributed by atoms with E-state index in [1.54, 1.807) is 24.8 Å². The number of nitrogens with one attached hydrogen (secondary N) is 1. The molecule has 0 saturated heterocycles. The van der Waals surface area contributed by atoms with Crippen LogP contribution in [0.15, 0.2) is 31.0 Å². The summed E-state index contributed by atoms with van der Waals surface area (Å²) < 4.78 is 29.7. The molecule has 0 unspecified atom stereocenters. The van der Waals surface area contributed by atoms with Gasteiger partial charge in [0, 0.05) is 44.3 Å². The maximum atomic E-state index is 11.9. The molecule has 0 amide bonds. The van der Waals surface area contributed by atoms with Crippen LogP contribution >= 0.6 is 0 Å². The summed E-state index contributed by atoms with van der Waals surface area (Å²) in [6.45, 7) is 0. The molecule has 9 heteroatoms. The second-order valence-electron chi connectivity index (χ2n) is 6.21. The Labute approximate surface area is 142 Å². The summed E-state index contributed by atoms with van der Waals surface area (Å²) in [6, 6.07) is 0.277. The predicted octanol–water partition coefficient (Wildman–Crippen LogP) is 1.22. The first-order valence-corrected chi connectivity index (χ1v) is 9.40. The highest BCUT2D eigenvalue weighted by molar-refractivity contribution is 7.87. The second kappa shape index (κ2) is 6.96. The molecule has 0 aliphatic heterocycles. The average molecular weight is 350 g/mol. The van der Waals surface area contributed by atoms with E-state index in [-0.39, 0.29) is 12.1 Å². The maximum Gasteiger partial charge on any atom is 0.279 e. The van der Waals surface area contributed by atoms with Gasteiger partial charge in [0.25, 0.3) is 10.2 Å². The monoisotopic (exact) mass is 350 g/mol. The van der Waals surface area contributed by atoms with Crippen molar-refractivity contribution in [2.75, 3.05) is 14.1 Å². The van der Waals surface area contributed by atoms with Crippen LogP contribution in [0.25, 0.3) is 11.3 Å². The summed E-state index contributed by atoms with van der Waals surface area (Å²) in [7, 11) is -0.299. The van der Waals surface area contributed by atoms with Gasteiger partial charge in [0.05, 0.1) is 24.1 Å². The molecule has 24 heavy (non-hydrogen) atoms. The zero-order valence-electron chi connectivity index (χ0n) is 13.8. The van der Waals surface area contributed by atoms with Gasteiger partial charge in [-0.2, -0.15) is 22.5 Å². The minimum absolute atomic E-state index is 0.0105. The summed E-state index contributed by atoms with van der Waals surface area (Å²) in [5.74, 6) is 0. The molecule has 1 aliphatic rings. The van der Waals surface area contributed by atoms with Crippen molar-refractivity contribution < 1.29 is 8.42 Å². The SMILES string of the molecule is CN(C)S(=O)(=O)NC1CCC(n2cc(-c3cnccn3)cn2)CC1. The van der Waals surface area contributed by atoms with E-state index in [0.717, 1.165) is 36.9 Å². The molecule has 0 radical (unpaired) electrons. The first-order chi connectivity index (χ1) is 11.5. The Balaban J connectivity index is 1.61. The molecule has 0 bridgehead atoms.